The number of allylic oxidation sites excluding steroid dienone is 2. The van der Waals surface area contributed by atoms with Crippen molar-refractivity contribution in [2.24, 2.45) is 0 Å². The first-order valence-electron chi connectivity index (χ1n) is 5.95. The molecule has 2 atom stereocenters. The Hall–Kier alpha value is -1.24. The van der Waals surface area contributed by atoms with Crippen LogP contribution in [0.4, 0.5) is 5.69 Å². The van der Waals surface area contributed by atoms with E-state index in [0.29, 0.717) is 0 Å². The van der Waals surface area contributed by atoms with Crippen molar-refractivity contribution >= 4 is 5.69 Å². The number of fused-ring (bicyclic) bond motifs is 1. The second kappa shape index (κ2) is 3.73. The van der Waals surface area contributed by atoms with E-state index in [4.69, 9.17) is 0 Å². The van der Waals surface area contributed by atoms with Gasteiger partial charge in [-0.25, -0.2) is 0 Å². The SMILES string of the molecule is C1=CCCC2C(CC1)N2c1ccccc1. The Balaban J connectivity index is 1.76. The van der Waals surface area contributed by atoms with E-state index in [1.807, 2.05) is 0 Å². The first-order valence-corrected chi connectivity index (χ1v) is 5.95. The minimum absolute atomic E-state index is 0.817. The lowest BCUT2D eigenvalue weighted by Gasteiger charge is -2.04. The molecule has 1 fully saturated rings. The maximum absolute atomic E-state index is 2.59. The summed E-state index contributed by atoms with van der Waals surface area (Å²) in [5, 5.41) is 0. The van der Waals surface area contributed by atoms with Gasteiger partial charge >= 0.3 is 0 Å². The summed E-state index contributed by atoms with van der Waals surface area (Å²) in [7, 11) is 0. The Kier molecular flexibility index (Phi) is 2.24. The summed E-state index contributed by atoms with van der Waals surface area (Å²) in [5.41, 5.74) is 1.41. The van der Waals surface area contributed by atoms with E-state index in [2.05, 4.69) is 47.4 Å². The molecule has 78 valence electrons. The predicted octanol–water partition coefficient (Wildman–Crippen LogP) is 3.37. The van der Waals surface area contributed by atoms with E-state index in [-0.39, 0.29) is 0 Å². The van der Waals surface area contributed by atoms with Crippen molar-refractivity contribution in [2.45, 2.75) is 37.8 Å². The van der Waals surface area contributed by atoms with Gasteiger partial charge in [-0.15, -0.1) is 0 Å². The molecule has 0 aromatic heterocycles. The molecule has 15 heavy (non-hydrogen) atoms. The molecule has 3 rings (SSSR count). The Labute approximate surface area is 91.4 Å². The van der Waals surface area contributed by atoms with Crippen LogP contribution in [0.15, 0.2) is 42.5 Å². The predicted molar refractivity (Wildman–Crippen MR) is 64.1 cm³/mol. The van der Waals surface area contributed by atoms with Crippen molar-refractivity contribution in [2.75, 3.05) is 4.90 Å². The maximum Gasteiger partial charge on any atom is 0.0500 e. The third-order valence-electron chi connectivity index (χ3n) is 3.55. The van der Waals surface area contributed by atoms with Gasteiger partial charge in [0.15, 0.2) is 0 Å². The molecule has 0 saturated carbocycles. The minimum Gasteiger partial charge on any atom is -0.361 e. The van der Waals surface area contributed by atoms with Crippen LogP contribution < -0.4 is 4.90 Å². The van der Waals surface area contributed by atoms with E-state index >= 15 is 0 Å². The molecule has 1 aliphatic carbocycles. The van der Waals surface area contributed by atoms with E-state index in [1.165, 1.54) is 31.4 Å². The zero-order valence-electron chi connectivity index (χ0n) is 8.97. The quantitative estimate of drug-likeness (QED) is 0.495. The van der Waals surface area contributed by atoms with E-state index < -0.39 is 0 Å². The first kappa shape index (κ1) is 9.02. The van der Waals surface area contributed by atoms with Crippen LogP contribution in [0.2, 0.25) is 0 Å². The van der Waals surface area contributed by atoms with Gasteiger partial charge in [-0.1, -0.05) is 30.4 Å². The number of rotatable bonds is 1. The summed E-state index contributed by atoms with van der Waals surface area (Å²) in [5.74, 6) is 0. The highest BCUT2D eigenvalue weighted by Crippen LogP contribution is 2.41. The van der Waals surface area contributed by atoms with Gasteiger partial charge in [0.05, 0.1) is 12.1 Å². The number of hydrogen-bond donors (Lipinski definition) is 0. The Morgan fingerprint density at radius 3 is 2.07 bits per heavy atom. The molecule has 0 radical (unpaired) electrons. The van der Waals surface area contributed by atoms with Crippen molar-refractivity contribution in [3.63, 3.8) is 0 Å². The monoisotopic (exact) mass is 199 g/mol. The molecule has 1 nitrogen and oxygen atoms in total. The normalized spacial score (nSPS) is 29.2. The smallest absolute Gasteiger partial charge is 0.0500 e. The third kappa shape index (κ3) is 1.67. The van der Waals surface area contributed by atoms with Crippen molar-refractivity contribution in [1.29, 1.82) is 0 Å². The number of anilines is 1. The van der Waals surface area contributed by atoms with Crippen LogP contribution in [0.5, 0.6) is 0 Å². The molecule has 1 heteroatoms. The van der Waals surface area contributed by atoms with Gasteiger partial charge in [0.25, 0.3) is 0 Å². The molecule has 0 bridgehead atoms. The Bertz CT molecular complexity index is 339. The summed E-state index contributed by atoms with van der Waals surface area (Å²) in [6.07, 6.45) is 9.86. The summed E-state index contributed by atoms with van der Waals surface area (Å²) in [6, 6.07) is 12.5. The highest BCUT2D eigenvalue weighted by molar-refractivity contribution is 5.56. The fourth-order valence-electron chi connectivity index (χ4n) is 2.75. The summed E-state index contributed by atoms with van der Waals surface area (Å²) in [4.78, 5) is 2.59. The summed E-state index contributed by atoms with van der Waals surface area (Å²) >= 11 is 0. The molecule has 1 aromatic carbocycles. The second-order valence-corrected chi connectivity index (χ2v) is 4.50. The van der Waals surface area contributed by atoms with Crippen LogP contribution in [-0.4, -0.2) is 12.1 Å². The zero-order chi connectivity index (χ0) is 10.1. The lowest BCUT2D eigenvalue weighted by Crippen LogP contribution is -1.98. The molecule has 1 aliphatic heterocycles. The van der Waals surface area contributed by atoms with Gasteiger partial charge in [0.1, 0.15) is 0 Å². The fourth-order valence-corrected chi connectivity index (χ4v) is 2.75. The molecule has 0 N–H and O–H groups in total. The second-order valence-electron chi connectivity index (χ2n) is 4.50. The highest BCUT2D eigenvalue weighted by Gasteiger charge is 2.45. The molecule has 2 aliphatic rings. The molecule has 0 spiro atoms. The number of nitrogens with zero attached hydrogens (tertiary/aromatic N) is 1. The summed E-state index contributed by atoms with van der Waals surface area (Å²) in [6.45, 7) is 0. The molecular weight excluding hydrogens is 182 g/mol. The van der Waals surface area contributed by atoms with Crippen LogP contribution in [-0.2, 0) is 0 Å². The molecule has 1 aromatic rings. The van der Waals surface area contributed by atoms with Crippen molar-refractivity contribution in [3.8, 4) is 0 Å². The van der Waals surface area contributed by atoms with Crippen LogP contribution in [0, 0.1) is 0 Å². The third-order valence-corrected chi connectivity index (χ3v) is 3.55. The largest absolute Gasteiger partial charge is 0.361 e. The van der Waals surface area contributed by atoms with E-state index in [1.54, 1.807) is 0 Å². The van der Waals surface area contributed by atoms with Crippen LogP contribution in [0.25, 0.3) is 0 Å². The number of para-hydroxylation sites is 1. The van der Waals surface area contributed by atoms with Gasteiger partial charge in [-0.05, 0) is 37.8 Å². The van der Waals surface area contributed by atoms with Crippen LogP contribution in [0.3, 0.4) is 0 Å². The zero-order valence-corrected chi connectivity index (χ0v) is 8.97. The maximum atomic E-state index is 2.59. The summed E-state index contributed by atoms with van der Waals surface area (Å²) < 4.78 is 0. The van der Waals surface area contributed by atoms with Crippen LogP contribution >= 0.6 is 0 Å². The number of benzene rings is 1. The standard InChI is InChI=1S/C14H17N/c1-2-7-11-14-13(10-6-1)15(14)12-8-4-3-5-9-12/h1-5,8-9,13-14H,6-7,10-11H2. The lowest BCUT2D eigenvalue weighted by molar-refractivity contribution is 0.731. The Morgan fingerprint density at radius 1 is 0.867 bits per heavy atom. The molecular formula is C14H17N. The fraction of sp³-hybridized carbons (Fsp3) is 0.429. The van der Waals surface area contributed by atoms with Crippen molar-refractivity contribution in [3.05, 3.63) is 42.5 Å². The average Bonchev–Trinajstić information content (AvgIpc) is 2.91. The van der Waals surface area contributed by atoms with Crippen LogP contribution in [0.1, 0.15) is 25.7 Å². The highest BCUT2D eigenvalue weighted by atomic mass is 15.4. The van der Waals surface area contributed by atoms with Gasteiger partial charge in [0.2, 0.25) is 0 Å². The van der Waals surface area contributed by atoms with Gasteiger partial charge in [-0.3, -0.25) is 0 Å². The molecule has 1 saturated heterocycles. The molecule has 2 unspecified atom stereocenters. The minimum atomic E-state index is 0.817. The lowest BCUT2D eigenvalue weighted by atomic mass is 10.1. The molecule has 1 heterocycles. The first-order chi connectivity index (χ1) is 7.47. The molecule has 0 amide bonds. The van der Waals surface area contributed by atoms with Gasteiger partial charge in [0, 0.05) is 5.69 Å². The number of hydrogen-bond acceptors (Lipinski definition) is 1. The average molecular weight is 199 g/mol. The van der Waals surface area contributed by atoms with Crippen molar-refractivity contribution in [1.82, 2.24) is 0 Å². The van der Waals surface area contributed by atoms with E-state index in [9.17, 15) is 0 Å². The van der Waals surface area contributed by atoms with Crippen molar-refractivity contribution < 1.29 is 0 Å². The van der Waals surface area contributed by atoms with Gasteiger partial charge < -0.3 is 4.90 Å². The van der Waals surface area contributed by atoms with Gasteiger partial charge in [-0.2, -0.15) is 0 Å². The topological polar surface area (TPSA) is 3.01 Å². The van der Waals surface area contributed by atoms with E-state index in [0.717, 1.165) is 12.1 Å². The Morgan fingerprint density at radius 2 is 1.47 bits per heavy atom.